The second-order valence-electron chi connectivity index (χ2n) is 4.95. The Morgan fingerprint density at radius 1 is 1.09 bits per heavy atom. The number of rotatable bonds is 4. The van der Waals surface area contributed by atoms with Crippen LogP contribution in [0.2, 0.25) is 5.02 Å². The highest BCUT2D eigenvalue weighted by molar-refractivity contribution is 6.31. The molecule has 1 heterocycles. The quantitative estimate of drug-likeness (QED) is 0.751. The van der Waals surface area contributed by atoms with Crippen LogP contribution < -0.4 is 10.3 Å². The number of methoxy groups -OCH3 is 1. The predicted octanol–water partition coefficient (Wildman–Crippen LogP) is 2.38. The van der Waals surface area contributed by atoms with E-state index >= 15 is 0 Å². The molecule has 0 aliphatic rings. The van der Waals surface area contributed by atoms with E-state index in [0.29, 0.717) is 11.6 Å². The molecule has 1 aromatic heterocycles. The fraction of sp³-hybridized carbons (Fsp3) is 0.167. The molecule has 0 saturated heterocycles. The van der Waals surface area contributed by atoms with Crippen LogP contribution in [0, 0.1) is 0 Å². The van der Waals surface area contributed by atoms with Gasteiger partial charge in [0, 0.05) is 17.7 Å². The van der Waals surface area contributed by atoms with Gasteiger partial charge in [0.25, 0.3) is 0 Å². The van der Waals surface area contributed by atoms with Crippen LogP contribution in [0.1, 0.15) is 0 Å². The Morgan fingerprint density at radius 3 is 2.68 bits per heavy atom. The molecule has 0 radical (unpaired) electrons. The summed E-state index contributed by atoms with van der Waals surface area (Å²) in [6.07, 6.45) is 0. The lowest BCUT2D eigenvalue weighted by Gasteiger charge is -2.03. The summed E-state index contributed by atoms with van der Waals surface area (Å²) in [5.74, 6) is 0.815. The van der Waals surface area contributed by atoms with E-state index in [1.165, 1.54) is 0 Å². The second kappa shape index (κ2) is 6.77. The first kappa shape index (κ1) is 14.8. The van der Waals surface area contributed by atoms with E-state index in [1.807, 2.05) is 54.6 Å². The van der Waals surface area contributed by atoms with Crippen LogP contribution in [0.15, 0.2) is 59.0 Å². The summed E-state index contributed by atoms with van der Waals surface area (Å²) in [4.78, 5) is 3.38. The summed E-state index contributed by atoms with van der Waals surface area (Å²) in [5.41, 5.74) is 1.83. The smallest absolute Gasteiger partial charge is 0.213 e. The van der Waals surface area contributed by atoms with Crippen LogP contribution in [0.25, 0.3) is 22.3 Å². The average molecular weight is 315 g/mol. The Labute approximate surface area is 133 Å². The number of halogens is 1. The minimum Gasteiger partial charge on any atom is -0.456 e. The van der Waals surface area contributed by atoms with E-state index in [-0.39, 0.29) is 0 Å². The van der Waals surface area contributed by atoms with Gasteiger partial charge in [0.05, 0.1) is 11.5 Å². The Kier molecular flexibility index (Phi) is 4.56. The third-order valence-electron chi connectivity index (χ3n) is 3.41. The van der Waals surface area contributed by atoms with Gasteiger partial charge < -0.3 is 9.15 Å². The van der Waals surface area contributed by atoms with Crippen LogP contribution in [0.3, 0.4) is 0 Å². The van der Waals surface area contributed by atoms with Gasteiger partial charge in [0.1, 0.15) is 18.0 Å². The summed E-state index contributed by atoms with van der Waals surface area (Å²) in [7, 11) is 1.69. The second-order valence-corrected chi connectivity index (χ2v) is 5.39. The largest absolute Gasteiger partial charge is 0.456 e. The lowest BCUT2D eigenvalue weighted by molar-refractivity contribution is -0.502. The van der Waals surface area contributed by atoms with Crippen molar-refractivity contribution in [3.63, 3.8) is 0 Å². The minimum atomic E-state index is 0.634. The first-order valence-electron chi connectivity index (χ1n) is 7.12. The van der Waals surface area contributed by atoms with E-state index in [4.69, 9.17) is 20.8 Å². The van der Waals surface area contributed by atoms with Crippen LogP contribution in [-0.4, -0.2) is 20.3 Å². The highest BCUT2D eigenvalue weighted by Crippen LogP contribution is 2.23. The van der Waals surface area contributed by atoms with E-state index in [0.717, 1.165) is 34.2 Å². The van der Waals surface area contributed by atoms with Crippen LogP contribution in [0.5, 0.6) is 0 Å². The molecular weight excluding hydrogens is 298 g/mol. The van der Waals surface area contributed by atoms with Crippen molar-refractivity contribution in [2.75, 3.05) is 20.3 Å². The number of nitrogens with one attached hydrogen (secondary N) is 1. The summed E-state index contributed by atoms with van der Waals surface area (Å²) in [5, 5.41) is 2.63. The summed E-state index contributed by atoms with van der Waals surface area (Å²) >= 11 is 6.11. The Morgan fingerprint density at radius 2 is 1.91 bits per heavy atom. The molecule has 0 unspecified atom stereocenters. The fourth-order valence-electron chi connectivity index (χ4n) is 2.34. The Balaban J connectivity index is 2.20. The van der Waals surface area contributed by atoms with Gasteiger partial charge in [-0.3, -0.25) is 0 Å². The molecule has 112 valence electrons. The van der Waals surface area contributed by atoms with Crippen LogP contribution >= 0.6 is 11.6 Å². The van der Waals surface area contributed by atoms with Gasteiger partial charge in [-0.15, -0.1) is 0 Å². The third-order valence-corrected chi connectivity index (χ3v) is 3.64. The first-order valence-corrected chi connectivity index (χ1v) is 7.50. The van der Waals surface area contributed by atoms with E-state index < -0.39 is 0 Å². The van der Waals surface area contributed by atoms with E-state index in [1.54, 1.807) is 7.11 Å². The average Bonchev–Trinajstić information content (AvgIpc) is 2.56. The normalized spacial score (nSPS) is 12.0. The van der Waals surface area contributed by atoms with Crippen molar-refractivity contribution in [2.45, 2.75) is 0 Å². The molecule has 0 fully saturated rings. The zero-order valence-corrected chi connectivity index (χ0v) is 13.1. The molecule has 3 rings (SSSR count). The van der Waals surface area contributed by atoms with Crippen molar-refractivity contribution in [3.8, 4) is 11.3 Å². The van der Waals surface area contributed by atoms with Crippen molar-refractivity contribution in [3.05, 3.63) is 65.0 Å². The Hall–Kier alpha value is -2.10. The molecule has 0 atom stereocenters. The summed E-state index contributed by atoms with van der Waals surface area (Å²) in [6, 6.07) is 17.7. The van der Waals surface area contributed by atoms with Crippen molar-refractivity contribution >= 4 is 22.6 Å². The van der Waals surface area contributed by atoms with Gasteiger partial charge >= 0.3 is 0 Å². The Bertz CT molecular complexity index is 841. The molecule has 3 aromatic rings. The van der Waals surface area contributed by atoms with Gasteiger partial charge in [-0.05, 0) is 18.2 Å². The van der Waals surface area contributed by atoms with Crippen LogP contribution in [0.4, 0.5) is 0 Å². The van der Waals surface area contributed by atoms with Gasteiger partial charge in [-0.25, -0.2) is 4.99 Å². The standard InChI is InChI=1S/C18H16ClNO2/c1-21-10-9-20-16-12-18(13-5-3-2-4-6-13)22-17-8-7-14(19)11-15(16)17/h2-8,11-12H,9-10H2,1H3/p+1. The predicted molar refractivity (Wildman–Crippen MR) is 87.5 cm³/mol. The number of ether oxygens (including phenoxy) is 1. The van der Waals surface area contributed by atoms with Gasteiger partial charge in [0.2, 0.25) is 5.36 Å². The first-order chi connectivity index (χ1) is 10.8. The maximum atomic E-state index is 6.11. The lowest BCUT2D eigenvalue weighted by atomic mass is 10.1. The molecule has 0 amide bonds. The molecular formula is C18H17ClNO2+. The zero-order chi connectivity index (χ0) is 15.4. The van der Waals surface area contributed by atoms with Crippen LogP contribution in [-0.2, 0) is 4.74 Å². The van der Waals surface area contributed by atoms with Gasteiger partial charge in [-0.2, -0.15) is 0 Å². The molecule has 3 nitrogen and oxygen atoms in total. The number of benzene rings is 2. The topological polar surface area (TPSA) is 36.3 Å². The van der Waals surface area contributed by atoms with Crippen molar-refractivity contribution in [1.82, 2.24) is 0 Å². The zero-order valence-electron chi connectivity index (χ0n) is 12.3. The molecule has 22 heavy (non-hydrogen) atoms. The van der Waals surface area contributed by atoms with E-state index in [9.17, 15) is 0 Å². The molecule has 0 aliphatic heterocycles. The molecule has 0 saturated carbocycles. The van der Waals surface area contributed by atoms with Gasteiger partial charge in [0.15, 0.2) is 6.54 Å². The highest BCUT2D eigenvalue weighted by atomic mass is 35.5. The minimum absolute atomic E-state index is 0.634. The number of hydrogen-bond donors (Lipinski definition) is 1. The SMILES string of the molecule is COCC[NH+]=c1cc(-c2ccccc2)oc2ccc(Cl)cc12. The maximum absolute atomic E-state index is 6.11. The van der Waals surface area contributed by atoms with Crippen molar-refractivity contribution < 1.29 is 14.1 Å². The molecule has 2 aromatic carbocycles. The lowest BCUT2D eigenvalue weighted by Crippen LogP contribution is -2.77. The summed E-state index contributed by atoms with van der Waals surface area (Å²) in [6.45, 7) is 1.35. The highest BCUT2D eigenvalue weighted by Gasteiger charge is 2.09. The summed E-state index contributed by atoms with van der Waals surface area (Å²) < 4.78 is 11.1. The van der Waals surface area contributed by atoms with E-state index in [2.05, 4.69) is 4.99 Å². The molecule has 0 spiro atoms. The van der Waals surface area contributed by atoms with Crippen molar-refractivity contribution in [1.29, 1.82) is 0 Å². The monoisotopic (exact) mass is 314 g/mol. The number of fused-ring (bicyclic) bond motifs is 1. The molecule has 0 bridgehead atoms. The maximum Gasteiger partial charge on any atom is 0.213 e. The molecule has 4 heteroatoms. The third kappa shape index (κ3) is 3.21. The van der Waals surface area contributed by atoms with Gasteiger partial charge in [-0.1, -0.05) is 41.9 Å². The fourth-order valence-corrected chi connectivity index (χ4v) is 2.51. The molecule has 1 N–H and O–H groups in total. The number of hydrogen-bond acceptors (Lipinski definition) is 2. The molecule has 0 aliphatic carbocycles. The van der Waals surface area contributed by atoms with Crippen molar-refractivity contribution in [2.24, 2.45) is 0 Å².